The van der Waals surface area contributed by atoms with Gasteiger partial charge in [-0.25, -0.2) is 0 Å². The number of fused-ring (bicyclic) bond motifs is 1. The molecule has 0 bridgehead atoms. The Labute approximate surface area is 101 Å². The molecule has 2 N–H and O–H groups in total. The van der Waals surface area contributed by atoms with Gasteiger partial charge < -0.3 is 10.5 Å². The average Bonchev–Trinajstić information content (AvgIpc) is 2.36. The summed E-state index contributed by atoms with van der Waals surface area (Å²) in [6, 6.07) is 12.2. The van der Waals surface area contributed by atoms with Crippen molar-refractivity contribution in [2.24, 2.45) is 5.73 Å². The topological polar surface area (TPSA) is 35.2 Å². The molecule has 2 aromatic rings. The van der Waals surface area contributed by atoms with Gasteiger partial charge in [-0.3, -0.25) is 0 Å². The molecular formula is C15H15NO. The number of hydrogen-bond acceptors (Lipinski definition) is 2. The number of nitrogens with two attached hydrogens (primary N) is 1. The van der Waals surface area contributed by atoms with E-state index < -0.39 is 0 Å². The van der Waals surface area contributed by atoms with Gasteiger partial charge in [0.1, 0.15) is 5.75 Å². The highest BCUT2D eigenvalue weighted by Crippen LogP contribution is 2.21. The van der Waals surface area contributed by atoms with Crippen molar-refractivity contribution in [2.45, 2.75) is 6.92 Å². The maximum absolute atomic E-state index is 5.46. The molecule has 0 aromatic heterocycles. The first-order valence-corrected chi connectivity index (χ1v) is 5.69. The molecule has 0 atom stereocenters. The largest absolute Gasteiger partial charge is 0.494 e. The molecular weight excluding hydrogens is 210 g/mol. The van der Waals surface area contributed by atoms with Gasteiger partial charge >= 0.3 is 0 Å². The maximum atomic E-state index is 5.46. The summed E-state index contributed by atoms with van der Waals surface area (Å²) in [5.41, 5.74) is 6.34. The van der Waals surface area contributed by atoms with Crippen LogP contribution in [0.25, 0.3) is 10.8 Å². The van der Waals surface area contributed by atoms with Crippen molar-refractivity contribution in [1.29, 1.82) is 0 Å². The third kappa shape index (κ3) is 2.77. The number of hydrogen-bond donors (Lipinski definition) is 1. The summed E-state index contributed by atoms with van der Waals surface area (Å²) in [7, 11) is 0. The molecule has 17 heavy (non-hydrogen) atoms. The quantitative estimate of drug-likeness (QED) is 0.797. The molecule has 0 amide bonds. The summed E-state index contributed by atoms with van der Waals surface area (Å²) >= 11 is 0. The summed E-state index contributed by atoms with van der Waals surface area (Å²) in [4.78, 5) is 0. The molecule has 0 aliphatic carbocycles. The highest BCUT2D eigenvalue weighted by molar-refractivity contribution is 5.85. The minimum absolute atomic E-state index is 0.390. The first kappa shape index (κ1) is 11.5. The zero-order chi connectivity index (χ0) is 12.1. The van der Waals surface area contributed by atoms with Gasteiger partial charge in [0.25, 0.3) is 0 Å². The van der Waals surface area contributed by atoms with Gasteiger partial charge in [-0.1, -0.05) is 24.0 Å². The molecule has 0 radical (unpaired) electrons. The molecule has 86 valence electrons. The molecule has 0 saturated heterocycles. The molecule has 0 spiro atoms. The van der Waals surface area contributed by atoms with E-state index in [0.29, 0.717) is 13.2 Å². The van der Waals surface area contributed by atoms with Crippen LogP contribution in [0.15, 0.2) is 36.4 Å². The van der Waals surface area contributed by atoms with Crippen molar-refractivity contribution in [1.82, 2.24) is 0 Å². The molecule has 0 saturated carbocycles. The van der Waals surface area contributed by atoms with Gasteiger partial charge in [0, 0.05) is 5.56 Å². The molecule has 0 aliphatic heterocycles. The van der Waals surface area contributed by atoms with Crippen LogP contribution in [0.1, 0.15) is 12.5 Å². The Morgan fingerprint density at radius 3 is 2.65 bits per heavy atom. The molecule has 0 aliphatic rings. The minimum atomic E-state index is 0.390. The van der Waals surface area contributed by atoms with Crippen LogP contribution in [0.3, 0.4) is 0 Å². The van der Waals surface area contributed by atoms with E-state index in [9.17, 15) is 0 Å². The summed E-state index contributed by atoms with van der Waals surface area (Å²) in [5.74, 6) is 6.79. The Bertz CT molecular complexity index is 578. The molecule has 2 rings (SSSR count). The molecule has 2 aromatic carbocycles. The van der Waals surface area contributed by atoms with E-state index in [1.54, 1.807) is 0 Å². The molecule has 0 heterocycles. The highest BCUT2D eigenvalue weighted by Gasteiger charge is 1.97. The Hall–Kier alpha value is -1.98. The van der Waals surface area contributed by atoms with E-state index in [2.05, 4.69) is 24.0 Å². The lowest BCUT2D eigenvalue weighted by molar-refractivity contribution is 0.341. The van der Waals surface area contributed by atoms with E-state index in [1.807, 2.05) is 31.2 Å². The van der Waals surface area contributed by atoms with E-state index in [1.165, 1.54) is 0 Å². The molecule has 2 heteroatoms. The Morgan fingerprint density at radius 2 is 1.88 bits per heavy atom. The first-order chi connectivity index (χ1) is 8.33. The van der Waals surface area contributed by atoms with Crippen LogP contribution < -0.4 is 10.5 Å². The van der Waals surface area contributed by atoms with Crippen molar-refractivity contribution in [3.05, 3.63) is 42.0 Å². The number of benzene rings is 2. The minimum Gasteiger partial charge on any atom is -0.494 e. The van der Waals surface area contributed by atoms with Crippen LogP contribution in [0.4, 0.5) is 0 Å². The van der Waals surface area contributed by atoms with Gasteiger partial charge in [-0.2, -0.15) is 0 Å². The summed E-state index contributed by atoms with van der Waals surface area (Å²) in [5, 5.41) is 2.33. The summed E-state index contributed by atoms with van der Waals surface area (Å²) in [6.07, 6.45) is 0. The monoisotopic (exact) mass is 225 g/mol. The Morgan fingerprint density at radius 1 is 1.12 bits per heavy atom. The van der Waals surface area contributed by atoms with Crippen molar-refractivity contribution >= 4 is 10.8 Å². The fourth-order valence-electron chi connectivity index (χ4n) is 1.71. The van der Waals surface area contributed by atoms with Crippen LogP contribution in [-0.2, 0) is 0 Å². The lowest BCUT2D eigenvalue weighted by Crippen LogP contribution is -1.93. The van der Waals surface area contributed by atoms with Crippen LogP contribution in [0, 0.1) is 11.8 Å². The second-order valence-electron chi connectivity index (χ2n) is 3.66. The number of ether oxygens (including phenoxy) is 1. The summed E-state index contributed by atoms with van der Waals surface area (Å²) in [6.45, 7) is 3.06. The standard InChI is InChI=1S/C15H15NO/c1-2-17-15-8-7-13-10-12(4-3-9-16)5-6-14(13)11-15/h5-8,10-11H,2,9,16H2,1H3. The fraction of sp³-hybridized carbons (Fsp3) is 0.200. The normalized spacial score (nSPS) is 9.76. The zero-order valence-electron chi connectivity index (χ0n) is 9.86. The zero-order valence-corrected chi connectivity index (χ0v) is 9.86. The van der Waals surface area contributed by atoms with E-state index in [4.69, 9.17) is 10.5 Å². The van der Waals surface area contributed by atoms with E-state index in [0.717, 1.165) is 22.1 Å². The SMILES string of the molecule is CCOc1ccc2cc(C#CCN)ccc2c1. The van der Waals surface area contributed by atoms with Gasteiger partial charge in [-0.05, 0) is 42.0 Å². The van der Waals surface area contributed by atoms with Crippen LogP contribution in [0.2, 0.25) is 0 Å². The van der Waals surface area contributed by atoms with Crippen molar-refractivity contribution in [3.63, 3.8) is 0 Å². The average molecular weight is 225 g/mol. The van der Waals surface area contributed by atoms with Crippen LogP contribution in [0.5, 0.6) is 5.75 Å². The lowest BCUT2D eigenvalue weighted by atomic mass is 10.1. The smallest absolute Gasteiger partial charge is 0.119 e. The molecule has 0 unspecified atom stereocenters. The van der Waals surface area contributed by atoms with Gasteiger partial charge in [0.2, 0.25) is 0 Å². The van der Waals surface area contributed by atoms with E-state index >= 15 is 0 Å². The van der Waals surface area contributed by atoms with Crippen molar-refractivity contribution in [3.8, 4) is 17.6 Å². The highest BCUT2D eigenvalue weighted by atomic mass is 16.5. The maximum Gasteiger partial charge on any atom is 0.119 e. The first-order valence-electron chi connectivity index (χ1n) is 5.69. The van der Waals surface area contributed by atoms with Crippen molar-refractivity contribution < 1.29 is 4.74 Å². The molecule has 2 nitrogen and oxygen atoms in total. The third-order valence-electron chi connectivity index (χ3n) is 2.46. The van der Waals surface area contributed by atoms with Gasteiger partial charge in [-0.15, -0.1) is 0 Å². The Kier molecular flexibility index (Phi) is 3.64. The lowest BCUT2D eigenvalue weighted by Gasteiger charge is -2.04. The molecule has 0 fully saturated rings. The fourth-order valence-corrected chi connectivity index (χ4v) is 1.71. The second-order valence-corrected chi connectivity index (χ2v) is 3.66. The number of rotatable bonds is 2. The van der Waals surface area contributed by atoms with Crippen LogP contribution >= 0.6 is 0 Å². The van der Waals surface area contributed by atoms with Crippen molar-refractivity contribution in [2.75, 3.05) is 13.2 Å². The van der Waals surface area contributed by atoms with Gasteiger partial charge in [0.15, 0.2) is 0 Å². The van der Waals surface area contributed by atoms with E-state index in [-0.39, 0.29) is 0 Å². The van der Waals surface area contributed by atoms with Crippen LogP contribution in [-0.4, -0.2) is 13.2 Å². The predicted molar refractivity (Wildman–Crippen MR) is 71.0 cm³/mol. The summed E-state index contributed by atoms with van der Waals surface area (Å²) < 4.78 is 5.46. The third-order valence-corrected chi connectivity index (χ3v) is 2.46. The predicted octanol–water partition coefficient (Wildman–Crippen LogP) is 2.55. The van der Waals surface area contributed by atoms with Gasteiger partial charge in [0.05, 0.1) is 13.2 Å². The Balaban J connectivity index is 2.39. The second kappa shape index (κ2) is 5.38.